The first-order valence-electron chi connectivity index (χ1n) is 14.0. The number of hydrogen-bond donors (Lipinski definition) is 0. The molecule has 8 atom stereocenters. The quantitative estimate of drug-likeness (QED) is 0.284. The molecular formula is C30H46O7. The molecule has 7 nitrogen and oxygen atoms in total. The molecule has 0 aromatic carbocycles. The Labute approximate surface area is 221 Å². The fourth-order valence-corrected chi connectivity index (χ4v) is 9.96. The average molecular weight is 519 g/mol. The Kier molecular flexibility index (Phi) is 6.90. The van der Waals surface area contributed by atoms with Crippen molar-refractivity contribution in [3.8, 4) is 0 Å². The minimum atomic E-state index is -1.42. The summed E-state index contributed by atoms with van der Waals surface area (Å²) < 4.78 is 16.2. The fourth-order valence-electron chi connectivity index (χ4n) is 9.96. The minimum absolute atomic E-state index is 0.0646. The van der Waals surface area contributed by atoms with Crippen molar-refractivity contribution < 1.29 is 33.4 Å². The van der Waals surface area contributed by atoms with Crippen molar-refractivity contribution >= 4 is 23.7 Å². The first kappa shape index (κ1) is 28.1. The van der Waals surface area contributed by atoms with E-state index in [2.05, 4.69) is 34.6 Å². The molecule has 0 aromatic rings. The highest BCUT2D eigenvalue weighted by molar-refractivity contribution is 6.06. The molecule has 0 aromatic heterocycles. The van der Waals surface area contributed by atoms with Gasteiger partial charge in [0.05, 0.1) is 7.11 Å². The summed E-state index contributed by atoms with van der Waals surface area (Å²) in [5.41, 5.74) is -1.78. The molecule has 0 bridgehead atoms. The number of hydrogen-bond acceptors (Lipinski definition) is 7. The molecule has 4 aliphatic rings. The second-order valence-corrected chi connectivity index (χ2v) is 13.8. The van der Waals surface area contributed by atoms with Crippen molar-refractivity contribution in [3.05, 3.63) is 0 Å². The molecule has 0 saturated heterocycles. The monoisotopic (exact) mass is 518 g/mol. The van der Waals surface area contributed by atoms with Crippen molar-refractivity contribution in [3.63, 3.8) is 0 Å². The molecule has 4 rings (SSSR count). The lowest BCUT2D eigenvalue weighted by atomic mass is 9.33. The highest BCUT2D eigenvalue weighted by Crippen LogP contribution is 2.74. The van der Waals surface area contributed by atoms with Crippen molar-refractivity contribution in [1.29, 1.82) is 0 Å². The zero-order valence-corrected chi connectivity index (χ0v) is 24.0. The number of rotatable bonds is 4. The van der Waals surface area contributed by atoms with Crippen molar-refractivity contribution in [2.75, 3.05) is 13.7 Å². The Bertz CT molecular complexity index is 986. The van der Waals surface area contributed by atoms with Crippen LogP contribution >= 0.6 is 0 Å². The van der Waals surface area contributed by atoms with E-state index >= 15 is 0 Å². The van der Waals surface area contributed by atoms with Crippen molar-refractivity contribution in [2.24, 2.45) is 44.8 Å². The zero-order valence-electron chi connectivity index (χ0n) is 24.0. The van der Waals surface area contributed by atoms with Gasteiger partial charge in [-0.3, -0.25) is 19.2 Å². The Hall–Kier alpha value is -1.92. The molecule has 0 spiro atoms. The number of carbonyl (C=O) groups is 4. The molecule has 0 amide bonds. The van der Waals surface area contributed by atoms with Crippen molar-refractivity contribution in [2.45, 2.75) is 106 Å². The molecule has 0 N–H and O–H groups in total. The minimum Gasteiger partial charge on any atom is -0.468 e. The topological polar surface area (TPSA) is 96.0 Å². The van der Waals surface area contributed by atoms with Crippen LogP contribution in [0.4, 0.5) is 0 Å². The standard InChI is InChI=1S/C30H46O7/c1-18(31)36-17-30(25(34)35-8)16-15-28(6)20(24(30)33)9-10-22-27(5)13-12-23(37-19(2)32)26(3,4)21(27)11-14-29(22,28)7/h20-23H,9-17H2,1-8H3/t20-,21+,22-,23+,27+,28-,29-,30+/m1/s1. The Morgan fingerprint density at radius 2 is 1.49 bits per heavy atom. The smallest absolute Gasteiger partial charge is 0.322 e. The highest BCUT2D eigenvalue weighted by Gasteiger charge is 2.71. The summed E-state index contributed by atoms with van der Waals surface area (Å²) >= 11 is 0. The van der Waals surface area contributed by atoms with E-state index in [1.54, 1.807) is 0 Å². The third kappa shape index (κ3) is 3.88. The Morgan fingerprint density at radius 1 is 0.811 bits per heavy atom. The van der Waals surface area contributed by atoms with Crippen molar-refractivity contribution in [1.82, 2.24) is 0 Å². The van der Waals surface area contributed by atoms with E-state index in [-0.39, 0.29) is 52.0 Å². The molecule has 4 fully saturated rings. The van der Waals surface area contributed by atoms with Crippen LogP contribution in [0, 0.1) is 44.8 Å². The molecule has 0 heterocycles. The number of methoxy groups -OCH3 is 1. The van der Waals surface area contributed by atoms with Gasteiger partial charge in [0.2, 0.25) is 0 Å². The lowest BCUT2D eigenvalue weighted by Crippen LogP contribution is -2.68. The van der Waals surface area contributed by atoms with Gasteiger partial charge in [0.25, 0.3) is 0 Å². The van der Waals surface area contributed by atoms with E-state index in [1.807, 2.05) is 0 Å². The summed E-state index contributed by atoms with van der Waals surface area (Å²) in [6.07, 6.45) is 6.53. The Balaban J connectivity index is 1.68. The van der Waals surface area contributed by atoms with E-state index in [1.165, 1.54) is 21.0 Å². The van der Waals surface area contributed by atoms with E-state index in [0.29, 0.717) is 24.7 Å². The van der Waals surface area contributed by atoms with Gasteiger partial charge in [-0.1, -0.05) is 34.6 Å². The third-order valence-electron chi connectivity index (χ3n) is 12.1. The lowest BCUT2D eigenvalue weighted by Gasteiger charge is -2.71. The van der Waals surface area contributed by atoms with Gasteiger partial charge in [-0.05, 0) is 79.4 Å². The molecule has 0 unspecified atom stereocenters. The van der Waals surface area contributed by atoms with Crippen LogP contribution in [-0.2, 0) is 33.4 Å². The number of ether oxygens (including phenoxy) is 3. The molecular weight excluding hydrogens is 472 g/mol. The van der Waals surface area contributed by atoms with Gasteiger partial charge >= 0.3 is 17.9 Å². The summed E-state index contributed by atoms with van der Waals surface area (Å²) in [5, 5.41) is 0. The third-order valence-corrected chi connectivity index (χ3v) is 12.1. The maximum Gasteiger partial charge on any atom is 0.322 e. The molecule has 208 valence electrons. The predicted molar refractivity (Wildman–Crippen MR) is 137 cm³/mol. The molecule has 4 saturated carbocycles. The van der Waals surface area contributed by atoms with E-state index < -0.39 is 17.4 Å². The number of carbonyl (C=O) groups excluding carboxylic acids is 4. The summed E-state index contributed by atoms with van der Waals surface area (Å²) in [6.45, 7) is 14.2. The molecule has 4 aliphatic carbocycles. The van der Waals surface area contributed by atoms with Crippen LogP contribution in [0.1, 0.15) is 99.8 Å². The van der Waals surface area contributed by atoms with Crippen LogP contribution in [0.5, 0.6) is 0 Å². The largest absolute Gasteiger partial charge is 0.468 e. The number of fused-ring (bicyclic) bond motifs is 5. The lowest BCUT2D eigenvalue weighted by molar-refractivity contribution is -0.237. The number of esters is 3. The fraction of sp³-hybridized carbons (Fsp3) is 0.867. The Morgan fingerprint density at radius 3 is 2.08 bits per heavy atom. The first-order chi connectivity index (χ1) is 17.1. The SMILES string of the molecule is COC(=O)[C@]1(COC(C)=O)CC[C@]2(C)[C@H](CC[C@@H]3[C@@]4(C)CC[C@H](OC(C)=O)C(C)(C)[C@@H]4CC[C@]32C)C1=O. The van der Waals surface area contributed by atoms with Gasteiger partial charge in [0.1, 0.15) is 12.7 Å². The summed E-state index contributed by atoms with van der Waals surface area (Å²) in [5.74, 6) is -0.826. The summed E-state index contributed by atoms with van der Waals surface area (Å²) in [6, 6.07) is 0. The van der Waals surface area contributed by atoms with Crippen LogP contribution in [0.15, 0.2) is 0 Å². The summed E-state index contributed by atoms with van der Waals surface area (Å²) in [7, 11) is 1.30. The normalized spacial score (nSPS) is 44.5. The maximum absolute atomic E-state index is 14.2. The van der Waals surface area contributed by atoms with Crippen LogP contribution in [0.25, 0.3) is 0 Å². The van der Waals surface area contributed by atoms with Crippen LogP contribution in [-0.4, -0.2) is 43.5 Å². The van der Waals surface area contributed by atoms with Gasteiger partial charge in [-0.25, -0.2) is 0 Å². The second kappa shape index (κ2) is 9.08. The average Bonchev–Trinajstić information content (AvgIpc) is 2.81. The van der Waals surface area contributed by atoms with Gasteiger partial charge in [0.15, 0.2) is 11.2 Å². The van der Waals surface area contributed by atoms with E-state index in [9.17, 15) is 19.2 Å². The van der Waals surface area contributed by atoms with E-state index in [4.69, 9.17) is 14.2 Å². The first-order valence-corrected chi connectivity index (χ1v) is 14.0. The molecule has 0 aliphatic heterocycles. The number of ketones is 1. The maximum atomic E-state index is 14.2. The van der Waals surface area contributed by atoms with Gasteiger partial charge in [-0.15, -0.1) is 0 Å². The molecule has 0 radical (unpaired) electrons. The zero-order chi connectivity index (χ0) is 27.6. The second-order valence-electron chi connectivity index (χ2n) is 13.8. The molecule has 7 heteroatoms. The summed E-state index contributed by atoms with van der Waals surface area (Å²) in [4.78, 5) is 50.6. The highest BCUT2D eigenvalue weighted by atomic mass is 16.6. The van der Waals surface area contributed by atoms with Gasteiger partial charge in [-0.2, -0.15) is 0 Å². The number of Topliss-reactive ketones (excluding diaryl/α,β-unsaturated/α-hetero) is 1. The predicted octanol–water partition coefficient (Wildman–Crippen LogP) is 5.28. The van der Waals surface area contributed by atoms with Gasteiger partial charge < -0.3 is 14.2 Å². The van der Waals surface area contributed by atoms with Crippen LogP contribution in [0.3, 0.4) is 0 Å². The van der Waals surface area contributed by atoms with Crippen LogP contribution < -0.4 is 0 Å². The van der Waals surface area contributed by atoms with Crippen LogP contribution in [0.2, 0.25) is 0 Å². The van der Waals surface area contributed by atoms with E-state index in [0.717, 1.165) is 38.5 Å². The molecule has 37 heavy (non-hydrogen) atoms. The van der Waals surface area contributed by atoms with Gasteiger partial charge in [0, 0.05) is 25.2 Å².